The molecule has 108 valence electrons. The van der Waals surface area contributed by atoms with Crippen molar-refractivity contribution in [2.75, 3.05) is 12.3 Å². The van der Waals surface area contributed by atoms with Crippen LogP contribution in [0.5, 0.6) is 0 Å². The van der Waals surface area contributed by atoms with Gasteiger partial charge in [-0.3, -0.25) is 4.79 Å². The molecule has 1 aromatic carbocycles. The van der Waals surface area contributed by atoms with Crippen molar-refractivity contribution in [3.63, 3.8) is 0 Å². The minimum Gasteiger partial charge on any atom is -0.398 e. The van der Waals surface area contributed by atoms with E-state index in [0.717, 1.165) is 35.1 Å². The number of rotatable bonds is 5. The molecule has 0 saturated heterocycles. The van der Waals surface area contributed by atoms with E-state index in [4.69, 9.17) is 5.73 Å². The van der Waals surface area contributed by atoms with Gasteiger partial charge in [0.1, 0.15) is 0 Å². The van der Waals surface area contributed by atoms with Crippen molar-refractivity contribution >= 4 is 11.6 Å². The summed E-state index contributed by atoms with van der Waals surface area (Å²) in [5, 5.41) is 3.13. The summed E-state index contributed by atoms with van der Waals surface area (Å²) in [7, 11) is 0. The Kier molecular flexibility index (Phi) is 3.45. The Labute approximate surface area is 120 Å². The third kappa shape index (κ3) is 2.82. The first-order chi connectivity index (χ1) is 9.56. The smallest absolute Gasteiger partial charge is 0.251 e. The van der Waals surface area contributed by atoms with Gasteiger partial charge in [0, 0.05) is 17.8 Å². The average Bonchev–Trinajstić information content (AvgIpc) is 3.26. The Hall–Kier alpha value is -1.51. The second-order valence-corrected chi connectivity index (χ2v) is 6.57. The van der Waals surface area contributed by atoms with Crippen LogP contribution in [0.25, 0.3) is 0 Å². The Morgan fingerprint density at radius 1 is 1.20 bits per heavy atom. The zero-order valence-electron chi connectivity index (χ0n) is 12.4. The lowest BCUT2D eigenvalue weighted by molar-refractivity contribution is 0.0943. The SMILES string of the molecule is Cc1cc(C)c(C(=O)NCC(C2CC2)C2CC2)cc1N. The number of carbonyl (C=O) groups is 1. The summed E-state index contributed by atoms with van der Waals surface area (Å²) in [6, 6.07) is 3.80. The maximum absolute atomic E-state index is 12.4. The van der Waals surface area contributed by atoms with Gasteiger partial charge in [-0.25, -0.2) is 0 Å². The van der Waals surface area contributed by atoms with Crippen molar-refractivity contribution in [1.29, 1.82) is 0 Å². The highest BCUT2D eigenvalue weighted by molar-refractivity contribution is 5.96. The van der Waals surface area contributed by atoms with Crippen LogP contribution in [-0.2, 0) is 0 Å². The molecule has 3 nitrogen and oxygen atoms in total. The Morgan fingerprint density at radius 2 is 1.80 bits per heavy atom. The number of carbonyl (C=O) groups excluding carboxylic acids is 1. The molecule has 3 heteroatoms. The Bertz CT molecular complexity index is 518. The number of nitrogen functional groups attached to an aromatic ring is 1. The molecule has 1 aromatic rings. The summed E-state index contributed by atoms with van der Waals surface area (Å²) < 4.78 is 0. The molecule has 1 amide bonds. The number of amides is 1. The van der Waals surface area contributed by atoms with Crippen LogP contribution in [0.4, 0.5) is 5.69 Å². The summed E-state index contributed by atoms with van der Waals surface area (Å²) in [6.45, 7) is 4.78. The molecule has 20 heavy (non-hydrogen) atoms. The van der Waals surface area contributed by atoms with Gasteiger partial charge in [0.15, 0.2) is 0 Å². The molecule has 0 radical (unpaired) electrons. The second-order valence-electron chi connectivity index (χ2n) is 6.57. The van der Waals surface area contributed by atoms with E-state index in [-0.39, 0.29) is 5.91 Å². The lowest BCUT2D eigenvalue weighted by atomic mass is 9.97. The van der Waals surface area contributed by atoms with Crippen molar-refractivity contribution in [3.8, 4) is 0 Å². The summed E-state index contributed by atoms with van der Waals surface area (Å²) in [6.07, 6.45) is 5.42. The van der Waals surface area contributed by atoms with Crippen molar-refractivity contribution in [3.05, 3.63) is 28.8 Å². The van der Waals surface area contributed by atoms with Crippen LogP contribution in [-0.4, -0.2) is 12.5 Å². The van der Waals surface area contributed by atoms with Crippen molar-refractivity contribution < 1.29 is 4.79 Å². The first kappa shape index (κ1) is 13.5. The third-order valence-electron chi connectivity index (χ3n) is 4.81. The fraction of sp³-hybridized carbons (Fsp3) is 0.588. The minimum absolute atomic E-state index is 0.0282. The zero-order chi connectivity index (χ0) is 14.3. The fourth-order valence-corrected chi connectivity index (χ4v) is 3.19. The average molecular weight is 272 g/mol. The van der Waals surface area contributed by atoms with E-state index in [1.165, 1.54) is 25.7 Å². The highest BCUT2D eigenvalue weighted by Crippen LogP contribution is 2.48. The van der Waals surface area contributed by atoms with Gasteiger partial charge in [-0.05, 0) is 74.5 Å². The van der Waals surface area contributed by atoms with E-state index in [1.807, 2.05) is 26.0 Å². The van der Waals surface area contributed by atoms with Gasteiger partial charge in [0.2, 0.25) is 0 Å². The predicted molar refractivity (Wildman–Crippen MR) is 81.6 cm³/mol. The van der Waals surface area contributed by atoms with E-state index in [0.29, 0.717) is 11.6 Å². The molecule has 3 rings (SSSR count). The topological polar surface area (TPSA) is 55.1 Å². The van der Waals surface area contributed by atoms with E-state index in [9.17, 15) is 4.79 Å². The molecule has 2 aliphatic rings. The monoisotopic (exact) mass is 272 g/mol. The molecule has 0 aliphatic heterocycles. The number of hydrogen-bond donors (Lipinski definition) is 2. The molecule has 3 N–H and O–H groups in total. The largest absolute Gasteiger partial charge is 0.398 e. The van der Waals surface area contributed by atoms with E-state index < -0.39 is 0 Å². The Balaban J connectivity index is 1.65. The normalized spacial score (nSPS) is 18.4. The summed E-state index contributed by atoms with van der Waals surface area (Å²) in [4.78, 5) is 12.4. The number of aryl methyl sites for hydroxylation is 2. The molecule has 2 aliphatic carbocycles. The molecule has 0 atom stereocenters. The van der Waals surface area contributed by atoms with Crippen LogP contribution >= 0.6 is 0 Å². The van der Waals surface area contributed by atoms with Gasteiger partial charge in [0.05, 0.1) is 0 Å². The van der Waals surface area contributed by atoms with Crippen molar-refractivity contribution in [2.45, 2.75) is 39.5 Å². The highest BCUT2D eigenvalue weighted by Gasteiger charge is 2.41. The third-order valence-corrected chi connectivity index (χ3v) is 4.81. The number of hydrogen-bond acceptors (Lipinski definition) is 2. The van der Waals surface area contributed by atoms with Gasteiger partial charge in [0.25, 0.3) is 5.91 Å². The number of nitrogens with one attached hydrogen (secondary N) is 1. The maximum atomic E-state index is 12.4. The first-order valence-corrected chi connectivity index (χ1v) is 7.71. The van der Waals surface area contributed by atoms with Crippen LogP contribution in [0.3, 0.4) is 0 Å². The molecule has 0 spiro atoms. The van der Waals surface area contributed by atoms with Crippen LogP contribution in [0, 0.1) is 31.6 Å². The van der Waals surface area contributed by atoms with Crippen molar-refractivity contribution in [2.24, 2.45) is 17.8 Å². The minimum atomic E-state index is 0.0282. The standard InChI is InChI=1S/C17H24N2O/c1-10-7-11(2)16(18)8-14(10)17(20)19-9-15(12-3-4-12)13-5-6-13/h7-8,12-13,15H,3-6,9,18H2,1-2H3,(H,19,20). The Morgan fingerprint density at radius 3 is 2.35 bits per heavy atom. The number of anilines is 1. The predicted octanol–water partition coefficient (Wildman–Crippen LogP) is 3.05. The van der Waals surface area contributed by atoms with Crippen LogP contribution < -0.4 is 11.1 Å². The summed E-state index contributed by atoms with van der Waals surface area (Å²) in [5.74, 6) is 2.47. The number of nitrogens with two attached hydrogens (primary N) is 1. The molecular formula is C17H24N2O. The molecule has 2 fully saturated rings. The van der Waals surface area contributed by atoms with Gasteiger partial charge in [-0.15, -0.1) is 0 Å². The highest BCUT2D eigenvalue weighted by atomic mass is 16.1. The molecule has 0 unspecified atom stereocenters. The molecule has 0 heterocycles. The van der Waals surface area contributed by atoms with Gasteiger partial charge < -0.3 is 11.1 Å². The van der Waals surface area contributed by atoms with Gasteiger partial charge in [-0.2, -0.15) is 0 Å². The summed E-state index contributed by atoms with van der Waals surface area (Å²) >= 11 is 0. The first-order valence-electron chi connectivity index (χ1n) is 7.71. The second kappa shape index (κ2) is 5.12. The fourth-order valence-electron chi connectivity index (χ4n) is 3.19. The van der Waals surface area contributed by atoms with Gasteiger partial charge in [-0.1, -0.05) is 6.07 Å². The lowest BCUT2D eigenvalue weighted by Gasteiger charge is -2.17. The van der Waals surface area contributed by atoms with E-state index in [2.05, 4.69) is 5.32 Å². The van der Waals surface area contributed by atoms with E-state index >= 15 is 0 Å². The maximum Gasteiger partial charge on any atom is 0.251 e. The van der Waals surface area contributed by atoms with Crippen LogP contribution in [0.15, 0.2) is 12.1 Å². The molecule has 0 bridgehead atoms. The molecule has 0 aromatic heterocycles. The van der Waals surface area contributed by atoms with Crippen molar-refractivity contribution in [1.82, 2.24) is 5.32 Å². The quantitative estimate of drug-likeness (QED) is 0.809. The van der Waals surface area contributed by atoms with Crippen LogP contribution in [0.2, 0.25) is 0 Å². The van der Waals surface area contributed by atoms with Gasteiger partial charge >= 0.3 is 0 Å². The lowest BCUT2D eigenvalue weighted by Crippen LogP contribution is -2.31. The van der Waals surface area contributed by atoms with Crippen LogP contribution in [0.1, 0.15) is 47.2 Å². The summed E-state index contributed by atoms with van der Waals surface area (Å²) in [5.41, 5.74) is 9.37. The molecule has 2 saturated carbocycles. The number of benzene rings is 1. The molecular weight excluding hydrogens is 248 g/mol. The zero-order valence-corrected chi connectivity index (χ0v) is 12.4. The van der Waals surface area contributed by atoms with E-state index in [1.54, 1.807) is 0 Å².